The Hall–Kier alpha value is -3.65. The third-order valence-electron chi connectivity index (χ3n) is 5.04. The molecular weight excluding hydrogens is 461 g/mol. The summed E-state index contributed by atoms with van der Waals surface area (Å²) < 4.78 is 20.1. The normalized spacial score (nSPS) is 11.5. The van der Waals surface area contributed by atoms with E-state index in [9.17, 15) is 19.1 Å². The van der Waals surface area contributed by atoms with Gasteiger partial charge in [0, 0.05) is 19.2 Å². The van der Waals surface area contributed by atoms with E-state index in [1.807, 2.05) is 18.2 Å². The van der Waals surface area contributed by atoms with Gasteiger partial charge in [0.25, 0.3) is 5.91 Å². The molecule has 0 saturated heterocycles. The number of ether oxygens (including phenoxy) is 1. The Bertz CT molecular complexity index is 1130. The number of amides is 1. The number of hydrogen-bond acceptors (Lipinski definition) is 5. The van der Waals surface area contributed by atoms with Crippen LogP contribution in [-0.2, 0) is 11.2 Å². The fourth-order valence-electron chi connectivity index (χ4n) is 3.20. The maximum atomic E-state index is 14.4. The van der Waals surface area contributed by atoms with Crippen LogP contribution in [0.2, 0.25) is 5.02 Å². The molecule has 0 aliphatic rings. The average molecular weight is 486 g/mol. The zero-order valence-corrected chi connectivity index (χ0v) is 19.3. The van der Waals surface area contributed by atoms with Crippen LogP contribution in [-0.4, -0.2) is 41.2 Å². The topological polar surface area (TPSA) is 101 Å². The van der Waals surface area contributed by atoms with Crippen molar-refractivity contribution in [1.29, 1.82) is 0 Å². The predicted octanol–water partition coefficient (Wildman–Crippen LogP) is 4.49. The largest absolute Gasteiger partial charge is 0.494 e. The first-order valence-electron chi connectivity index (χ1n) is 10.7. The number of nitrogens with zero attached hydrogens (tertiary/aromatic N) is 1. The van der Waals surface area contributed by atoms with Gasteiger partial charge < -0.3 is 20.5 Å². The molecule has 3 aromatic rings. The van der Waals surface area contributed by atoms with Crippen LogP contribution in [0.1, 0.15) is 27.9 Å². The zero-order chi connectivity index (χ0) is 24.5. The van der Waals surface area contributed by atoms with E-state index in [1.165, 1.54) is 19.1 Å². The molecule has 0 aliphatic heterocycles. The number of aromatic nitrogens is 1. The SMILES string of the molecule is Cc1ccc(Cl)c(C(=O)N[C@@H](Cc2ccc(OCCCNc3ccccn3)cc2)C(=O)O)c1F. The molecule has 1 amide bonds. The van der Waals surface area contributed by atoms with Crippen molar-refractivity contribution in [2.24, 2.45) is 0 Å². The number of pyridine rings is 1. The predicted molar refractivity (Wildman–Crippen MR) is 128 cm³/mol. The van der Waals surface area contributed by atoms with Gasteiger partial charge in [0.05, 0.1) is 17.2 Å². The lowest BCUT2D eigenvalue weighted by Crippen LogP contribution is -2.42. The number of carboxylic acids is 1. The number of carbonyl (C=O) groups is 2. The highest BCUT2D eigenvalue weighted by Crippen LogP contribution is 2.22. The van der Waals surface area contributed by atoms with E-state index in [4.69, 9.17) is 16.3 Å². The van der Waals surface area contributed by atoms with Crippen LogP contribution < -0.4 is 15.4 Å². The van der Waals surface area contributed by atoms with Crippen molar-refractivity contribution in [3.05, 3.63) is 88.3 Å². The van der Waals surface area contributed by atoms with Crippen molar-refractivity contribution in [1.82, 2.24) is 10.3 Å². The van der Waals surface area contributed by atoms with Gasteiger partial charge in [0.1, 0.15) is 23.4 Å². The molecule has 0 saturated carbocycles. The molecule has 0 unspecified atom stereocenters. The number of rotatable bonds is 11. The fraction of sp³-hybridized carbons (Fsp3) is 0.240. The number of hydrogen-bond donors (Lipinski definition) is 3. The molecule has 3 N–H and O–H groups in total. The van der Waals surface area contributed by atoms with E-state index in [2.05, 4.69) is 15.6 Å². The van der Waals surface area contributed by atoms with E-state index >= 15 is 0 Å². The van der Waals surface area contributed by atoms with Crippen LogP contribution in [0.15, 0.2) is 60.8 Å². The standard InChI is InChI=1S/C25H25ClFN3O4/c1-16-6-11-19(26)22(23(16)27)24(31)30-20(25(32)33)15-17-7-9-18(10-8-17)34-14-4-13-29-21-5-2-3-12-28-21/h2-3,5-12,20H,4,13-15H2,1H3,(H,28,29)(H,30,31)(H,32,33)/t20-/m0/s1. The molecule has 0 aliphatic carbocycles. The van der Waals surface area contributed by atoms with Crippen LogP contribution >= 0.6 is 11.6 Å². The zero-order valence-electron chi connectivity index (χ0n) is 18.6. The van der Waals surface area contributed by atoms with Gasteiger partial charge in [-0.1, -0.05) is 35.9 Å². The lowest BCUT2D eigenvalue weighted by Gasteiger charge is -2.16. The first-order chi connectivity index (χ1) is 16.3. The van der Waals surface area contributed by atoms with E-state index in [-0.39, 0.29) is 22.6 Å². The minimum atomic E-state index is -1.26. The van der Waals surface area contributed by atoms with Crippen molar-refractivity contribution in [3.63, 3.8) is 0 Å². The van der Waals surface area contributed by atoms with Gasteiger partial charge in [-0.25, -0.2) is 14.2 Å². The molecule has 0 bridgehead atoms. The number of halogens is 2. The lowest BCUT2D eigenvalue weighted by atomic mass is 10.0. The summed E-state index contributed by atoms with van der Waals surface area (Å²) in [6.45, 7) is 2.70. The van der Waals surface area contributed by atoms with Crippen molar-refractivity contribution >= 4 is 29.3 Å². The van der Waals surface area contributed by atoms with Crippen LogP contribution in [0, 0.1) is 12.7 Å². The first kappa shape index (κ1) is 25.0. The second kappa shape index (κ2) is 12.0. The summed E-state index contributed by atoms with van der Waals surface area (Å²) in [6.07, 6.45) is 2.50. The number of carboxylic acid groups (broad SMARTS) is 1. The maximum Gasteiger partial charge on any atom is 0.326 e. The fourth-order valence-corrected chi connectivity index (χ4v) is 3.43. The van der Waals surface area contributed by atoms with Gasteiger partial charge >= 0.3 is 5.97 Å². The Balaban J connectivity index is 1.51. The monoisotopic (exact) mass is 485 g/mol. The number of anilines is 1. The molecule has 0 spiro atoms. The van der Waals surface area contributed by atoms with Gasteiger partial charge in [0.15, 0.2) is 0 Å². The highest BCUT2D eigenvalue weighted by Gasteiger charge is 2.25. The summed E-state index contributed by atoms with van der Waals surface area (Å²) in [6, 6.07) is 14.2. The number of carbonyl (C=O) groups excluding carboxylic acids is 1. The van der Waals surface area contributed by atoms with Crippen LogP contribution in [0.4, 0.5) is 10.2 Å². The van der Waals surface area contributed by atoms with E-state index in [0.717, 1.165) is 12.2 Å². The molecule has 178 valence electrons. The molecule has 2 aromatic carbocycles. The van der Waals surface area contributed by atoms with Crippen LogP contribution in [0.5, 0.6) is 5.75 Å². The van der Waals surface area contributed by atoms with E-state index in [0.29, 0.717) is 24.5 Å². The molecule has 1 atom stereocenters. The number of aliphatic carboxylic acids is 1. The Morgan fingerprint density at radius 2 is 1.91 bits per heavy atom. The summed E-state index contributed by atoms with van der Waals surface area (Å²) >= 11 is 5.96. The van der Waals surface area contributed by atoms with Crippen molar-refractivity contribution < 1.29 is 23.8 Å². The van der Waals surface area contributed by atoms with Gasteiger partial charge in [-0.2, -0.15) is 0 Å². The smallest absolute Gasteiger partial charge is 0.326 e. The number of benzene rings is 2. The molecule has 7 nitrogen and oxygen atoms in total. The summed E-state index contributed by atoms with van der Waals surface area (Å²) in [5, 5.41) is 15.0. The van der Waals surface area contributed by atoms with Crippen molar-refractivity contribution in [3.8, 4) is 5.75 Å². The highest BCUT2D eigenvalue weighted by atomic mass is 35.5. The number of nitrogens with one attached hydrogen (secondary N) is 2. The quantitative estimate of drug-likeness (QED) is 0.346. The Morgan fingerprint density at radius 1 is 1.15 bits per heavy atom. The Morgan fingerprint density at radius 3 is 2.59 bits per heavy atom. The summed E-state index contributed by atoms with van der Waals surface area (Å²) in [7, 11) is 0. The Labute approximate surface area is 201 Å². The molecule has 9 heteroatoms. The van der Waals surface area contributed by atoms with E-state index in [1.54, 1.807) is 30.5 Å². The van der Waals surface area contributed by atoms with Crippen LogP contribution in [0.25, 0.3) is 0 Å². The second-order valence-corrected chi connectivity index (χ2v) is 8.02. The molecule has 1 aromatic heterocycles. The summed E-state index contributed by atoms with van der Waals surface area (Å²) in [5.74, 6) is -1.44. The molecule has 0 radical (unpaired) electrons. The second-order valence-electron chi connectivity index (χ2n) is 7.61. The van der Waals surface area contributed by atoms with Gasteiger partial charge in [-0.15, -0.1) is 0 Å². The van der Waals surface area contributed by atoms with Gasteiger partial charge in [-0.05, 0) is 54.8 Å². The van der Waals surface area contributed by atoms with Gasteiger partial charge in [0.2, 0.25) is 0 Å². The van der Waals surface area contributed by atoms with Crippen molar-refractivity contribution in [2.75, 3.05) is 18.5 Å². The number of aryl methyl sites for hydroxylation is 1. The third kappa shape index (κ3) is 6.92. The average Bonchev–Trinajstić information content (AvgIpc) is 2.82. The van der Waals surface area contributed by atoms with Crippen molar-refractivity contribution in [2.45, 2.75) is 25.8 Å². The molecule has 0 fully saturated rings. The maximum absolute atomic E-state index is 14.4. The highest BCUT2D eigenvalue weighted by molar-refractivity contribution is 6.34. The van der Waals surface area contributed by atoms with Gasteiger partial charge in [-0.3, -0.25) is 4.79 Å². The summed E-state index contributed by atoms with van der Waals surface area (Å²) in [4.78, 5) is 28.4. The van der Waals surface area contributed by atoms with Crippen LogP contribution in [0.3, 0.4) is 0 Å². The molecule has 34 heavy (non-hydrogen) atoms. The first-order valence-corrected chi connectivity index (χ1v) is 11.1. The minimum Gasteiger partial charge on any atom is -0.494 e. The molecular formula is C25H25ClFN3O4. The Kier molecular flexibility index (Phi) is 8.81. The molecule has 3 rings (SSSR count). The third-order valence-corrected chi connectivity index (χ3v) is 5.35. The van der Waals surface area contributed by atoms with E-state index < -0.39 is 23.7 Å². The summed E-state index contributed by atoms with van der Waals surface area (Å²) in [5.41, 5.74) is 0.548. The minimum absolute atomic E-state index is 0.0143. The lowest BCUT2D eigenvalue weighted by molar-refractivity contribution is -0.139. The molecule has 1 heterocycles.